The quantitative estimate of drug-likeness (QED) is 0.735. The molecule has 0 saturated carbocycles. The molecule has 0 amide bonds. The molecule has 1 heterocycles. The van der Waals surface area contributed by atoms with Crippen molar-refractivity contribution in [3.05, 3.63) is 11.9 Å². The van der Waals surface area contributed by atoms with E-state index >= 15 is 0 Å². The van der Waals surface area contributed by atoms with Crippen LogP contribution in [-0.2, 0) is 6.42 Å². The fourth-order valence-corrected chi connectivity index (χ4v) is 2.07. The van der Waals surface area contributed by atoms with Crippen LogP contribution in [0.25, 0.3) is 0 Å². The van der Waals surface area contributed by atoms with Crippen molar-refractivity contribution in [2.24, 2.45) is 5.41 Å². The molecular weight excluding hydrogens is 240 g/mol. The van der Waals surface area contributed by atoms with Crippen molar-refractivity contribution in [1.29, 1.82) is 0 Å². The van der Waals surface area contributed by atoms with E-state index in [0.717, 1.165) is 30.6 Å². The summed E-state index contributed by atoms with van der Waals surface area (Å²) in [5, 5.41) is 13.2. The Hall–Kier alpha value is -1.36. The van der Waals surface area contributed by atoms with Crippen LogP contribution < -0.4 is 11.1 Å². The third kappa shape index (κ3) is 5.42. The average molecular weight is 266 g/mol. The minimum atomic E-state index is -0.398. The van der Waals surface area contributed by atoms with Gasteiger partial charge in [0.25, 0.3) is 0 Å². The van der Waals surface area contributed by atoms with Gasteiger partial charge >= 0.3 is 0 Å². The number of anilines is 2. The number of hydrogen-bond donors (Lipinski definition) is 3. The molecule has 0 aliphatic heterocycles. The summed E-state index contributed by atoms with van der Waals surface area (Å²) in [7, 11) is 0. The molecular formula is C14H26N4O. The van der Waals surface area contributed by atoms with Gasteiger partial charge < -0.3 is 16.2 Å². The van der Waals surface area contributed by atoms with E-state index in [-0.39, 0.29) is 5.41 Å². The van der Waals surface area contributed by atoms with E-state index in [4.69, 9.17) is 5.73 Å². The van der Waals surface area contributed by atoms with Crippen LogP contribution in [0.1, 0.15) is 46.1 Å². The van der Waals surface area contributed by atoms with E-state index in [9.17, 15) is 5.11 Å². The molecule has 0 fully saturated rings. The number of hydrogen-bond acceptors (Lipinski definition) is 5. The second-order valence-corrected chi connectivity index (χ2v) is 6.14. The molecule has 1 unspecified atom stereocenters. The van der Waals surface area contributed by atoms with Gasteiger partial charge in [-0.1, -0.05) is 34.1 Å². The van der Waals surface area contributed by atoms with Crippen molar-refractivity contribution in [3.63, 3.8) is 0 Å². The molecule has 1 aromatic heterocycles. The Balaban J connectivity index is 2.65. The van der Waals surface area contributed by atoms with Gasteiger partial charge in [0.05, 0.1) is 6.10 Å². The number of aliphatic hydroxyl groups excluding tert-OH is 1. The summed E-state index contributed by atoms with van der Waals surface area (Å²) in [6.07, 6.45) is 3.61. The van der Waals surface area contributed by atoms with Gasteiger partial charge in [0, 0.05) is 12.1 Å². The van der Waals surface area contributed by atoms with Gasteiger partial charge in [-0.3, -0.25) is 0 Å². The van der Waals surface area contributed by atoms with Gasteiger partial charge in [0.1, 0.15) is 18.0 Å². The Morgan fingerprint density at radius 1 is 1.37 bits per heavy atom. The normalized spacial score (nSPS) is 13.3. The van der Waals surface area contributed by atoms with Crippen molar-refractivity contribution in [2.75, 3.05) is 17.6 Å². The Bertz CT molecular complexity index is 401. The highest BCUT2D eigenvalue weighted by Gasteiger charge is 2.17. The predicted molar refractivity (Wildman–Crippen MR) is 79.0 cm³/mol. The minimum Gasteiger partial charge on any atom is -0.391 e. The van der Waals surface area contributed by atoms with Crippen LogP contribution in [0.3, 0.4) is 0 Å². The average Bonchev–Trinajstić information content (AvgIpc) is 2.28. The van der Waals surface area contributed by atoms with E-state index in [2.05, 4.69) is 43.0 Å². The van der Waals surface area contributed by atoms with Crippen LogP contribution in [0.5, 0.6) is 0 Å². The summed E-state index contributed by atoms with van der Waals surface area (Å²) in [4.78, 5) is 8.22. The molecule has 0 spiro atoms. The number of rotatable bonds is 6. The smallest absolute Gasteiger partial charge is 0.134 e. The summed E-state index contributed by atoms with van der Waals surface area (Å²) in [5.74, 6) is 1.26. The van der Waals surface area contributed by atoms with E-state index in [1.165, 1.54) is 6.33 Å². The van der Waals surface area contributed by atoms with E-state index < -0.39 is 6.10 Å². The van der Waals surface area contributed by atoms with Gasteiger partial charge in [0.15, 0.2) is 0 Å². The van der Waals surface area contributed by atoms with Crippen molar-refractivity contribution in [3.8, 4) is 0 Å². The SMILES string of the molecule is CCCc1c(N)ncnc1NCC(O)CC(C)(C)C. The molecule has 19 heavy (non-hydrogen) atoms. The number of nitrogens with zero attached hydrogens (tertiary/aromatic N) is 2. The van der Waals surface area contributed by atoms with Gasteiger partial charge in [-0.25, -0.2) is 9.97 Å². The summed E-state index contributed by atoms with van der Waals surface area (Å²) >= 11 is 0. The molecule has 5 heteroatoms. The number of aromatic nitrogens is 2. The molecule has 0 aromatic carbocycles. The minimum absolute atomic E-state index is 0.109. The standard InChI is InChI=1S/C14H26N4O/c1-5-6-11-12(15)17-9-18-13(11)16-8-10(19)7-14(2,3)4/h9-10,19H,5-8H2,1-4H3,(H3,15,16,17,18). The Labute approximate surface area is 115 Å². The summed E-state index contributed by atoms with van der Waals surface area (Å²) in [5.41, 5.74) is 6.91. The maximum Gasteiger partial charge on any atom is 0.134 e. The highest BCUT2D eigenvalue weighted by molar-refractivity contribution is 5.55. The molecule has 0 aliphatic rings. The molecule has 0 aliphatic carbocycles. The van der Waals surface area contributed by atoms with Crippen LogP contribution in [0.15, 0.2) is 6.33 Å². The first-order chi connectivity index (χ1) is 8.83. The molecule has 5 nitrogen and oxygen atoms in total. The first kappa shape index (κ1) is 15.7. The van der Waals surface area contributed by atoms with E-state index in [0.29, 0.717) is 12.4 Å². The maximum absolute atomic E-state index is 10.00. The highest BCUT2D eigenvalue weighted by atomic mass is 16.3. The third-order valence-corrected chi connectivity index (χ3v) is 2.83. The predicted octanol–water partition coefficient (Wildman–Crippen LogP) is 2.22. The maximum atomic E-state index is 10.00. The molecule has 0 saturated heterocycles. The first-order valence-corrected chi connectivity index (χ1v) is 6.84. The Kier molecular flexibility index (Phi) is 5.54. The van der Waals surface area contributed by atoms with Gasteiger partial charge in [0.2, 0.25) is 0 Å². The monoisotopic (exact) mass is 266 g/mol. The Morgan fingerprint density at radius 3 is 2.63 bits per heavy atom. The summed E-state index contributed by atoms with van der Waals surface area (Å²) in [6.45, 7) is 8.90. The lowest BCUT2D eigenvalue weighted by Gasteiger charge is -2.23. The zero-order valence-electron chi connectivity index (χ0n) is 12.4. The number of nitrogen functional groups attached to an aromatic ring is 1. The van der Waals surface area contributed by atoms with Crippen LogP contribution in [0, 0.1) is 5.41 Å². The molecule has 4 N–H and O–H groups in total. The van der Waals surface area contributed by atoms with Gasteiger partial charge in [-0.05, 0) is 18.3 Å². The fraction of sp³-hybridized carbons (Fsp3) is 0.714. The molecule has 108 valence electrons. The fourth-order valence-electron chi connectivity index (χ4n) is 2.07. The second kappa shape index (κ2) is 6.70. The van der Waals surface area contributed by atoms with E-state index in [1.807, 2.05) is 0 Å². The van der Waals surface area contributed by atoms with E-state index in [1.54, 1.807) is 0 Å². The molecule has 0 bridgehead atoms. The molecule has 1 rings (SSSR count). The second-order valence-electron chi connectivity index (χ2n) is 6.14. The zero-order chi connectivity index (χ0) is 14.5. The first-order valence-electron chi connectivity index (χ1n) is 6.84. The van der Waals surface area contributed by atoms with Crippen molar-refractivity contribution >= 4 is 11.6 Å². The summed E-state index contributed by atoms with van der Waals surface area (Å²) in [6, 6.07) is 0. The van der Waals surface area contributed by atoms with Crippen LogP contribution in [-0.4, -0.2) is 27.7 Å². The van der Waals surface area contributed by atoms with Crippen LogP contribution in [0.4, 0.5) is 11.6 Å². The number of aliphatic hydroxyl groups is 1. The molecule has 0 radical (unpaired) electrons. The Morgan fingerprint density at radius 2 is 2.05 bits per heavy atom. The number of nitrogens with two attached hydrogens (primary N) is 1. The van der Waals surface area contributed by atoms with Crippen LogP contribution >= 0.6 is 0 Å². The third-order valence-electron chi connectivity index (χ3n) is 2.83. The van der Waals surface area contributed by atoms with Crippen molar-refractivity contribution < 1.29 is 5.11 Å². The lowest BCUT2D eigenvalue weighted by Crippen LogP contribution is -2.26. The van der Waals surface area contributed by atoms with Gasteiger partial charge in [-0.2, -0.15) is 0 Å². The zero-order valence-corrected chi connectivity index (χ0v) is 12.4. The highest BCUT2D eigenvalue weighted by Crippen LogP contribution is 2.22. The van der Waals surface area contributed by atoms with Crippen molar-refractivity contribution in [1.82, 2.24) is 9.97 Å². The van der Waals surface area contributed by atoms with Crippen LogP contribution in [0.2, 0.25) is 0 Å². The largest absolute Gasteiger partial charge is 0.391 e. The summed E-state index contributed by atoms with van der Waals surface area (Å²) < 4.78 is 0. The van der Waals surface area contributed by atoms with Crippen molar-refractivity contribution in [2.45, 2.75) is 53.1 Å². The number of nitrogens with one attached hydrogen (secondary N) is 1. The lowest BCUT2D eigenvalue weighted by atomic mass is 9.89. The molecule has 1 aromatic rings. The molecule has 1 atom stereocenters. The topological polar surface area (TPSA) is 84.1 Å². The lowest BCUT2D eigenvalue weighted by molar-refractivity contribution is 0.132. The van der Waals surface area contributed by atoms with Gasteiger partial charge in [-0.15, -0.1) is 0 Å².